The molecule has 3 heteroatoms. The molecule has 1 aromatic rings. The lowest BCUT2D eigenvalue weighted by Gasteiger charge is -2.45. The average molecular weight is 262 g/mol. The summed E-state index contributed by atoms with van der Waals surface area (Å²) in [4.78, 5) is 5.18. The summed E-state index contributed by atoms with van der Waals surface area (Å²) in [5, 5.41) is 0. The Morgan fingerprint density at radius 3 is 3.00 bits per heavy atom. The molecule has 0 N–H and O–H groups in total. The molecular weight excluding hydrogens is 236 g/mol. The zero-order valence-corrected chi connectivity index (χ0v) is 12.1. The number of rotatable bonds is 4. The molecule has 2 saturated heterocycles. The third kappa shape index (κ3) is 3.21. The molecule has 1 aromatic heterocycles. The Labute approximate surface area is 116 Å². The molecule has 2 fully saturated rings. The quantitative estimate of drug-likeness (QED) is 0.831. The molecule has 3 rings (SSSR count). The van der Waals surface area contributed by atoms with Gasteiger partial charge in [0.15, 0.2) is 0 Å². The van der Waals surface area contributed by atoms with Crippen molar-refractivity contribution in [1.29, 1.82) is 0 Å². The van der Waals surface area contributed by atoms with E-state index in [0.29, 0.717) is 0 Å². The first kappa shape index (κ1) is 13.2. The maximum absolute atomic E-state index is 5.45. The molecule has 0 amide bonds. The summed E-state index contributed by atoms with van der Waals surface area (Å²) in [6.07, 6.45) is 8.82. The van der Waals surface area contributed by atoms with Crippen LogP contribution in [0.2, 0.25) is 0 Å². The number of fused-ring (bicyclic) bond motifs is 1. The normalized spacial score (nSPS) is 28.5. The molecule has 2 atom stereocenters. The molecule has 0 saturated carbocycles. The van der Waals surface area contributed by atoms with Crippen molar-refractivity contribution in [3.05, 3.63) is 24.2 Å². The summed E-state index contributed by atoms with van der Waals surface area (Å²) < 4.78 is 5.45. The van der Waals surface area contributed by atoms with Crippen LogP contribution in [0.15, 0.2) is 22.8 Å². The second-order valence-electron chi connectivity index (χ2n) is 6.28. The number of hydrogen-bond donors (Lipinski definition) is 0. The van der Waals surface area contributed by atoms with Crippen LogP contribution in [0.5, 0.6) is 0 Å². The Balaban J connectivity index is 1.55. The maximum atomic E-state index is 5.45. The van der Waals surface area contributed by atoms with Crippen LogP contribution in [0.1, 0.15) is 37.9 Å². The number of furan rings is 1. The fraction of sp³-hybridized carbons (Fsp3) is 0.750. The SMILES string of the molecule is CN(Cc1ccco1)C[C@@H]1CCCN2CCCC[C@H]12. The highest BCUT2D eigenvalue weighted by atomic mass is 16.3. The highest BCUT2D eigenvalue weighted by molar-refractivity contribution is 4.98. The van der Waals surface area contributed by atoms with Crippen LogP contribution in [0.3, 0.4) is 0 Å². The molecule has 0 spiro atoms. The van der Waals surface area contributed by atoms with E-state index in [2.05, 4.69) is 22.9 Å². The summed E-state index contributed by atoms with van der Waals surface area (Å²) in [5.41, 5.74) is 0. The second-order valence-corrected chi connectivity index (χ2v) is 6.28. The fourth-order valence-corrected chi connectivity index (χ4v) is 3.92. The van der Waals surface area contributed by atoms with Crippen molar-refractivity contribution in [1.82, 2.24) is 9.80 Å². The van der Waals surface area contributed by atoms with Gasteiger partial charge in [0.25, 0.3) is 0 Å². The molecule has 0 radical (unpaired) electrons. The highest BCUT2D eigenvalue weighted by Crippen LogP contribution is 2.31. The van der Waals surface area contributed by atoms with E-state index < -0.39 is 0 Å². The van der Waals surface area contributed by atoms with Crippen molar-refractivity contribution >= 4 is 0 Å². The van der Waals surface area contributed by atoms with Crippen molar-refractivity contribution in [2.45, 2.75) is 44.7 Å². The number of piperidine rings is 2. The van der Waals surface area contributed by atoms with E-state index in [-0.39, 0.29) is 0 Å². The number of nitrogens with zero attached hydrogens (tertiary/aromatic N) is 2. The van der Waals surface area contributed by atoms with Gasteiger partial charge in [0.05, 0.1) is 12.8 Å². The van der Waals surface area contributed by atoms with Gasteiger partial charge in [0.2, 0.25) is 0 Å². The van der Waals surface area contributed by atoms with Gasteiger partial charge in [0, 0.05) is 12.6 Å². The molecule has 0 aromatic carbocycles. The van der Waals surface area contributed by atoms with Gasteiger partial charge in [-0.05, 0) is 63.9 Å². The van der Waals surface area contributed by atoms with Crippen LogP contribution in [0, 0.1) is 5.92 Å². The van der Waals surface area contributed by atoms with Crippen LogP contribution in [0.4, 0.5) is 0 Å². The van der Waals surface area contributed by atoms with Crippen molar-refractivity contribution in [2.24, 2.45) is 5.92 Å². The van der Waals surface area contributed by atoms with E-state index in [9.17, 15) is 0 Å². The summed E-state index contributed by atoms with van der Waals surface area (Å²) in [5.74, 6) is 1.94. The van der Waals surface area contributed by atoms with Gasteiger partial charge < -0.3 is 9.32 Å². The molecule has 2 aliphatic rings. The lowest BCUT2D eigenvalue weighted by atomic mass is 9.83. The highest BCUT2D eigenvalue weighted by Gasteiger charge is 2.33. The zero-order valence-electron chi connectivity index (χ0n) is 12.1. The molecule has 0 bridgehead atoms. The van der Waals surface area contributed by atoms with Gasteiger partial charge in [-0.2, -0.15) is 0 Å². The average Bonchev–Trinajstić information content (AvgIpc) is 2.92. The van der Waals surface area contributed by atoms with Crippen LogP contribution >= 0.6 is 0 Å². The van der Waals surface area contributed by atoms with Crippen LogP contribution in [-0.4, -0.2) is 42.5 Å². The minimum Gasteiger partial charge on any atom is -0.468 e. The van der Waals surface area contributed by atoms with Crippen molar-refractivity contribution in [2.75, 3.05) is 26.7 Å². The molecular formula is C16H26N2O. The Morgan fingerprint density at radius 1 is 1.26 bits per heavy atom. The smallest absolute Gasteiger partial charge is 0.117 e. The Kier molecular flexibility index (Phi) is 4.24. The lowest BCUT2D eigenvalue weighted by molar-refractivity contribution is 0.0426. The summed E-state index contributed by atoms with van der Waals surface area (Å²) in [7, 11) is 2.23. The van der Waals surface area contributed by atoms with Gasteiger partial charge in [0.1, 0.15) is 5.76 Å². The van der Waals surface area contributed by atoms with Gasteiger partial charge >= 0.3 is 0 Å². The Bertz CT molecular complexity index is 374. The molecule has 3 nitrogen and oxygen atoms in total. The molecule has 106 valence electrons. The lowest BCUT2D eigenvalue weighted by Crippen LogP contribution is -2.50. The van der Waals surface area contributed by atoms with Crippen molar-refractivity contribution < 1.29 is 4.42 Å². The van der Waals surface area contributed by atoms with Gasteiger partial charge in [-0.1, -0.05) is 6.42 Å². The van der Waals surface area contributed by atoms with Crippen molar-refractivity contribution in [3.63, 3.8) is 0 Å². The topological polar surface area (TPSA) is 19.6 Å². The summed E-state index contributed by atoms with van der Waals surface area (Å²) in [6.45, 7) is 4.82. The monoisotopic (exact) mass is 262 g/mol. The van der Waals surface area contributed by atoms with Crippen LogP contribution in [-0.2, 0) is 6.54 Å². The second kappa shape index (κ2) is 6.10. The van der Waals surface area contributed by atoms with Gasteiger partial charge in [-0.25, -0.2) is 0 Å². The van der Waals surface area contributed by atoms with E-state index in [1.165, 1.54) is 51.7 Å². The fourth-order valence-electron chi connectivity index (χ4n) is 3.92. The minimum absolute atomic E-state index is 0.849. The molecule has 2 aliphatic heterocycles. The third-order valence-corrected chi connectivity index (χ3v) is 4.78. The van der Waals surface area contributed by atoms with E-state index in [0.717, 1.165) is 24.3 Å². The van der Waals surface area contributed by atoms with E-state index in [1.54, 1.807) is 6.26 Å². The molecule has 0 aliphatic carbocycles. The summed E-state index contributed by atoms with van der Waals surface area (Å²) >= 11 is 0. The van der Waals surface area contributed by atoms with Crippen molar-refractivity contribution in [3.8, 4) is 0 Å². The Morgan fingerprint density at radius 2 is 2.16 bits per heavy atom. The zero-order chi connectivity index (χ0) is 13.1. The molecule has 19 heavy (non-hydrogen) atoms. The van der Waals surface area contributed by atoms with Gasteiger partial charge in [-0.15, -0.1) is 0 Å². The first-order valence-electron chi connectivity index (χ1n) is 7.78. The largest absolute Gasteiger partial charge is 0.468 e. The third-order valence-electron chi connectivity index (χ3n) is 4.78. The van der Waals surface area contributed by atoms with Crippen LogP contribution < -0.4 is 0 Å². The van der Waals surface area contributed by atoms with Gasteiger partial charge in [-0.3, -0.25) is 4.90 Å². The van der Waals surface area contributed by atoms with E-state index >= 15 is 0 Å². The Hall–Kier alpha value is -0.800. The first-order chi connectivity index (χ1) is 9.33. The molecule has 3 heterocycles. The summed E-state index contributed by atoms with van der Waals surface area (Å²) in [6, 6.07) is 4.90. The maximum Gasteiger partial charge on any atom is 0.117 e. The van der Waals surface area contributed by atoms with Crippen LogP contribution in [0.25, 0.3) is 0 Å². The first-order valence-corrected chi connectivity index (χ1v) is 7.78. The predicted octanol–water partition coefficient (Wildman–Crippen LogP) is 2.98. The predicted molar refractivity (Wildman–Crippen MR) is 77.0 cm³/mol. The van der Waals surface area contributed by atoms with E-state index in [4.69, 9.17) is 4.42 Å². The minimum atomic E-state index is 0.849. The standard InChI is InChI=1S/C16H26N2O/c1-17(13-15-7-5-11-19-15)12-14-6-4-10-18-9-3-2-8-16(14)18/h5,7,11,14,16H,2-4,6,8-10,12-13H2,1H3/t14-,16+/m0/s1. The molecule has 0 unspecified atom stereocenters. The van der Waals surface area contributed by atoms with E-state index in [1.807, 2.05) is 6.07 Å². The number of hydrogen-bond acceptors (Lipinski definition) is 3.